The summed E-state index contributed by atoms with van der Waals surface area (Å²) in [4.78, 5) is 10.9. The Kier molecular flexibility index (Phi) is 1.64. The minimum Gasteiger partial charge on any atom is -0.234 e. The Morgan fingerprint density at radius 3 is 3.00 bits per heavy atom. The molecular formula is C6HIN2S3. The van der Waals surface area contributed by atoms with Gasteiger partial charge in [0.25, 0.3) is 0 Å². The van der Waals surface area contributed by atoms with Gasteiger partial charge in [-0.25, -0.2) is 9.97 Å². The van der Waals surface area contributed by atoms with Gasteiger partial charge in [-0.3, -0.25) is 0 Å². The van der Waals surface area contributed by atoms with Gasteiger partial charge in [0, 0.05) is 0 Å². The molecule has 0 unspecified atom stereocenters. The van der Waals surface area contributed by atoms with Crippen LogP contribution in [-0.4, -0.2) is 9.97 Å². The van der Waals surface area contributed by atoms with Crippen molar-refractivity contribution in [3.63, 3.8) is 0 Å². The van der Waals surface area contributed by atoms with Crippen LogP contribution in [0, 0.1) is 3.01 Å². The van der Waals surface area contributed by atoms with Crippen LogP contribution in [0.4, 0.5) is 0 Å². The normalized spacial score (nSPS) is 11.8. The fourth-order valence-corrected chi connectivity index (χ4v) is 5.22. The summed E-state index contributed by atoms with van der Waals surface area (Å²) < 4.78 is 3.72. The number of thiazole rings is 2. The van der Waals surface area contributed by atoms with Crippen LogP contribution in [0.15, 0.2) is 5.51 Å². The van der Waals surface area contributed by atoms with Crippen LogP contribution in [0.2, 0.25) is 0 Å². The van der Waals surface area contributed by atoms with Crippen molar-refractivity contribution in [3.05, 3.63) is 8.52 Å². The van der Waals surface area contributed by atoms with Gasteiger partial charge in [-0.1, -0.05) is 11.3 Å². The average molecular weight is 324 g/mol. The highest BCUT2D eigenvalue weighted by Crippen LogP contribution is 2.38. The van der Waals surface area contributed by atoms with Gasteiger partial charge in [0.2, 0.25) is 0 Å². The van der Waals surface area contributed by atoms with Crippen molar-refractivity contribution < 1.29 is 0 Å². The van der Waals surface area contributed by atoms with Gasteiger partial charge >= 0.3 is 0 Å². The van der Waals surface area contributed by atoms with Crippen LogP contribution in [0.5, 0.6) is 0 Å². The van der Waals surface area contributed by atoms with E-state index in [1.165, 1.54) is 9.40 Å². The van der Waals surface area contributed by atoms with E-state index in [1.54, 1.807) is 34.0 Å². The van der Waals surface area contributed by atoms with E-state index >= 15 is 0 Å². The summed E-state index contributed by atoms with van der Waals surface area (Å²) in [6.07, 6.45) is 0. The minimum absolute atomic E-state index is 1.11. The molecule has 0 aliphatic rings. The summed E-state index contributed by atoms with van der Waals surface area (Å²) in [6.45, 7) is 0. The molecule has 3 aromatic rings. The van der Waals surface area contributed by atoms with E-state index in [-0.39, 0.29) is 0 Å². The highest BCUT2D eigenvalue weighted by atomic mass is 127. The third kappa shape index (κ3) is 0.949. The molecule has 0 fully saturated rings. The number of halogens is 1. The second-order valence-electron chi connectivity index (χ2n) is 2.19. The van der Waals surface area contributed by atoms with Crippen molar-refractivity contribution in [2.75, 3.05) is 0 Å². The zero-order chi connectivity index (χ0) is 8.13. The highest BCUT2D eigenvalue weighted by Gasteiger charge is 2.11. The van der Waals surface area contributed by atoms with Crippen molar-refractivity contribution in [1.29, 1.82) is 0 Å². The molecule has 60 valence electrons. The maximum Gasteiger partial charge on any atom is 0.156 e. The first-order valence-corrected chi connectivity index (χ1v) is 6.72. The Bertz CT molecular complexity index is 549. The van der Waals surface area contributed by atoms with E-state index < -0.39 is 0 Å². The molecule has 2 nitrogen and oxygen atoms in total. The average Bonchev–Trinajstić information content (AvgIpc) is 2.59. The van der Waals surface area contributed by atoms with Crippen LogP contribution in [0.25, 0.3) is 19.1 Å². The Balaban J connectivity index is 2.64. The maximum atomic E-state index is 4.41. The monoisotopic (exact) mass is 324 g/mol. The molecule has 3 rings (SSSR count). The molecule has 0 saturated carbocycles. The molecule has 3 heterocycles. The molecule has 0 saturated heterocycles. The number of nitrogens with zero attached hydrogens (tertiary/aromatic N) is 2. The molecule has 0 amide bonds. The molecule has 3 aromatic heterocycles. The lowest BCUT2D eigenvalue weighted by Gasteiger charge is -1.71. The van der Waals surface area contributed by atoms with Gasteiger partial charge in [-0.05, 0) is 22.6 Å². The summed E-state index contributed by atoms with van der Waals surface area (Å²) in [5.41, 5.74) is 1.90. The zero-order valence-electron chi connectivity index (χ0n) is 5.57. The fourth-order valence-electron chi connectivity index (χ4n) is 1.04. The second kappa shape index (κ2) is 2.60. The van der Waals surface area contributed by atoms with Gasteiger partial charge in [0.15, 0.2) is 3.01 Å². The summed E-state index contributed by atoms with van der Waals surface area (Å²) in [7, 11) is 0. The number of aromatic nitrogens is 2. The largest absolute Gasteiger partial charge is 0.234 e. The van der Waals surface area contributed by atoms with Crippen LogP contribution in [-0.2, 0) is 0 Å². The van der Waals surface area contributed by atoms with Gasteiger partial charge in [0.1, 0.15) is 9.66 Å². The molecule has 0 atom stereocenters. The first-order valence-electron chi connectivity index (χ1n) is 3.12. The Labute approximate surface area is 93.4 Å². The molecule has 0 N–H and O–H groups in total. The van der Waals surface area contributed by atoms with E-state index in [9.17, 15) is 0 Å². The molecule has 0 aliphatic carbocycles. The molecule has 0 aromatic carbocycles. The fraction of sp³-hybridized carbons (Fsp3) is 0. The van der Waals surface area contributed by atoms with Gasteiger partial charge in [-0.15, -0.1) is 22.7 Å². The number of hydrogen-bond acceptors (Lipinski definition) is 5. The number of rotatable bonds is 0. The summed E-state index contributed by atoms with van der Waals surface area (Å²) >= 11 is 7.39. The predicted molar refractivity (Wildman–Crippen MR) is 63.4 cm³/mol. The predicted octanol–water partition coefficient (Wildman–Crippen LogP) is 3.57. The van der Waals surface area contributed by atoms with Crippen molar-refractivity contribution in [3.8, 4) is 0 Å². The van der Waals surface area contributed by atoms with E-state index in [0.29, 0.717) is 0 Å². The zero-order valence-corrected chi connectivity index (χ0v) is 10.2. The van der Waals surface area contributed by atoms with E-state index in [1.807, 2.05) is 5.51 Å². The number of thiophene rings is 1. The van der Waals surface area contributed by atoms with Gasteiger partial charge in [-0.2, -0.15) is 0 Å². The SMILES string of the molecule is Ic1nc2sc3ncsc3c2s1. The van der Waals surface area contributed by atoms with Crippen molar-refractivity contribution in [1.82, 2.24) is 9.97 Å². The first kappa shape index (κ1) is 7.60. The summed E-state index contributed by atoms with van der Waals surface area (Å²) in [5.74, 6) is 0. The van der Waals surface area contributed by atoms with Gasteiger partial charge in [0.05, 0.1) is 14.9 Å². The van der Waals surface area contributed by atoms with E-state index in [4.69, 9.17) is 0 Å². The summed E-state index contributed by atoms with van der Waals surface area (Å²) in [5, 5.41) is 0. The van der Waals surface area contributed by atoms with E-state index in [0.717, 1.165) is 12.7 Å². The molecule has 0 radical (unpaired) electrons. The van der Waals surface area contributed by atoms with Crippen LogP contribution in [0.3, 0.4) is 0 Å². The van der Waals surface area contributed by atoms with Crippen molar-refractivity contribution >= 4 is 75.7 Å². The Morgan fingerprint density at radius 2 is 2.08 bits per heavy atom. The topological polar surface area (TPSA) is 25.8 Å². The highest BCUT2D eigenvalue weighted by molar-refractivity contribution is 14.1. The number of hydrogen-bond donors (Lipinski definition) is 0. The van der Waals surface area contributed by atoms with Crippen molar-refractivity contribution in [2.24, 2.45) is 0 Å². The van der Waals surface area contributed by atoms with Crippen LogP contribution < -0.4 is 0 Å². The molecule has 0 aliphatic heterocycles. The molecule has 0 bridgehead atoms. The molecule has 0 spiro atoms. The third-order valence-electron chi connectivity index (χ3n) is 1.50. The quantitative estimate of drug-likeness (QED) is 0.591. The smallest absolute Gasteiger partial charge is 0.156 e. The standard InChI is InChI=1S/C6HIN2S3/c7-6-9-5-3(11-6)2-4(12-5)8-1-10-2/h1H. The Morgan fingerprint density at radius 1 is 1.17 bits per heavy atom. The van der Waals surface area contributed by atoms with Crippen LogP contribution in [0.1, 0.15) is 0 Å². The van der Waals surface area contributed by atoms with Crippen LogP contribution >= 0.6 is 56.6 Å². The molecule has 6 heteroatoms. The summed E-state index contributed by atoms with van der Waals surface area (Å²) in [6, 6.07) is 0. The second-order valence-corrected chi connectivity index (χ2v) is 6.77. The Hall–Kier alpha value is 0.210. The maximum absolute atomic E-state index is 4.41. The van der Waals surface area contributed by atoms with E-state index in [2.05, 4.69) is 32.6 Å². The number of fused-ring (bicyclic) bond motifs is 3. The lowest BCUT2D eigenvalue weighted by atomic mass is 10.6. The first-order chi connectivity index (χ1) is 5.84. The minimum atomic E-state index is 1.11. The lowest BCUT2D eigenvalue weighted by molar-refractivity contribution is 1.48. The molecule has 12 heavy (non-hydrogen) atoms. The van der Waals surface area contributed by atoms with Gasteiger partial charge < -0.3 is 0 Å². The molecular weight excluding hydrogens is 323 g/mol. The van der Waals surface area contributed by atoms with Crippen molar-refractivity contribution in [2.45, 2.75) is 0 Å². The third-order valence-corrected chi connectivity index (χ3v) is 5.49. The lowest BCUT2D eigenvalue weighted by Crippen LogP contribution is -1.58.